The Kier molecular flexibility index (Phi) is 3.61. The van der Waals surface area contributed by atoms with E-state index in [0.29, 0.717) is 6.04 Å². The van der Waals surface area contributed by atoms with Gasteiger partial charge in [0.1, 0.15) is 0 Å². The Morgan fingerprint density at radius 2 is 1.94 bits per heavy atom. The van der Waals surface area contributed by atoms with Gasteiger partial charge in [0, 0.05) is 13.7 Å². The second-order valence-corrected chi connectivity index (χ2v) is 6.54. The van der Waals surface area contributed by atoms with Gasteiger partial charge < -0.3 is 5.32 Å². The standard InChI is InChI=1S/C15H13BrIN/c16-12-5-3-4-11-10(12)8-9-14(11)18-15-7-2-1-6-13(15)17/h1-7,14,18H,8-9H2. The molecule has 0 fully saturated rings. The molecule has 18 heavy (non-hydrogen) atoms. The minimum Gasteiger partial charge on any atom is -0.377 e. The zero-order valence-electron chi connectivity index (χ0n) is 9.79. The van der Waals surface area contributed by atoms with Gasteiger partial charge in [-0.15, -0.1) is 0 Å². The van der Waals surface area contributed by atoms with Gasteiger partial charge in [0.25, 0.3) is 0 Å². The molecule has 1 nitrogen and oxygen atoms in total. The van der Waals surface area contributed by atoms with Crippen LogP contribution >= 0.6 is 38.5 Å². The molecule has 3 heteroatoms. The number of hydrogen-bond donors (Lipinski definition) is 1. The maximum atomic E-state index is 3.66. The van der Waals surface area contributed by atoms with Crippen LogP contribution in [0.5, 0.6) is 0 Å². The lowest BCUT2D eigenvalue weighted by Gasteiger charge is -2.16. The summed E-state index contributed by atoms with van der Waals surface area (Å²) in [5.41, 5.74) is 4.13. The molecule has 0 spiro atoms. The quantitative estimate of drug-likeness (QED) is 0.671. The van der Waals surface area contributed by atoms with Crippen molar-refractivity contribution in [1.82, 2.24) is 0 Å². The van der Waals surface area contributed by atoms with Crippen LogP contribution in [-0.4, -0.2) is 0 Å². The van der Waals surface area contributed by atoms with Gasteiger partial charge in [0.05, 0.1) is 6.04 Å². The maximum absolute atomic E-state index is 3.66. The Balaban J connectivity index is 1.90. The highest BCUT2D eigenvalue weighted by Crippen LogP contribution is 2.38. The predicted octanol–water partition coefficient (Wildman–Crippen LogP) is 5.15. The Hall–Kier alpha value is -0.550. The van der Waals surface area contributed by atoms with E-state index in [2.05, 4.69) is 86.3 Å². The molecule has 92 valence electrons. The number of para-hydroxylation sites is 1. The molecule has 0 heterocycles. The molecule has 0 saturated heterocycles. The van der Waals surface area contributed by atoms with Crippen LogP contribution in [0, 0.1) is 3.57 Å². The monoisotopic (exact) mass is 413 g/mol. The van der Waals surface area contributed by atoms with E-state index >= 15 is 0 Å². The number of nitrogens with one attached hydrogen (secondary N) is 1. The van der Waals surface area contributed by atoms with Crippen molar-refractivity contribution in [3.63, 3.8) is 0 Å². The molecule has 0 amide bonds. The summed E-state index contributed by atoms with van der Waals surface area (Å²) in [4.78, 5) is 0. The van der Waals surface area contributed by atoms with Crippen molar-refractivity contribution in [1.29, 1.82) is 0 Å². The van der Waals surface area contributed by atoms with Gasteiger partial charge in [-0.3, -0.25) is 0 Å². The van der Waals surface area contributed by atoms with Crippen LogP contribution in [0.15, 0.2) is 46.9 Å². The summed E-state index contributed by atoms with van der Waals surface area (Å²) >= 11 is 6.03. The first-order valence-corrected chi connectivity index (χ1v) is 7.91. The van der Waals surface area contributed by atoms with Gasteiger partial charge in [-0.2, -0.15) is 0 Å². The molecule has 2 aromatic rings. The van der Waals surface area contributed by atoms with Crippen molar-refractivity contribution < 1.29 is 0 Å². The second kappa shape index (κ2) is 5.21. The lowest BCUT2D eigenvalue weighted by Crippen LogP contribution is -2.08. The van der Waals surface area contributed by atoms with Gasteiger partial charge >= 0.3 is 0 Å². The van der Waals surface area contributed by atoms with Crippen LogP contribution in [0.2, 0.25) is 0 Å². The summed E-state index contributed by atoms with van der Waals surface area (Å²) in [6.07, 6.45) is 2.32. The minimum atomic E-state index is 0.438. The summed E-state index contributed by atoms with van der Waals surface area (Å²) in [5.74, 6) is 0. The maximum Gasteiger partial charge on any atom is 0.0520 e. The highest BCUT2D eigenvalue weighted by atomic mass is 127. The van der Waals surface area contributed by atoms with Gasteiger partial charge in [-0.05, 0) is 64.8 Å². The van der Waals surface area contributed by atoms with Crippen LogP contribution in [0.3, 0.4) is 0 Å². The number of fused-ring (bicyclic) bond motifs is 1. The first-order valence-electron chi connectivity index (χ1n) is 6.04. The number of benzene rings is 2. The van der Waals surface area contributed by atoms with Gasteiger partial charge in [-0.25, -0.2) is 0 Å². The van der Waals surface area contributed by atoms with Crippen molar-refractivity contribution in [3.05, 3.63) is 61.6 Å². The molecule has 1 atom stereocenters. The number of halogens is 2. The lowest BCUT2D eigenvalue weighted by molar-refractivity contribution is 0.761. The second-order valence-electron chi connectivity index (χ2n) is 4.52. The summed E-state index contributed by atoms with van der Waals surface area (Å²) in [6, 6.07) is 15.4. The molecule has 0 aliphatic heterocycles. The van der Waals surface area contributed by atoms with Crippen molar-refractivity contribution in [2.24, 2.45) is 0 Å². The van der Waals surface area contributed by atoms with E-state index in [9.17, 15) is 0 Å². The molecule has 1 unspecified atom stereocenters. The fraction of sp³-hybridized carbons (Fsp3) is 0.200. The van der Waals surface area contributed by atoms with E-state index in [1.807, 2.05) is 0 Å². The van der Waals surface area contributed by atoms with Crippen molar-refractivity contribution in [2.45, 2.75) is 18.9 Å². The fourth-order valence-electron chi connectivity index (χ4n) is 2.53. The Labute approximate surface area is 129 Å². The van der Waals surface area contributed by atoms with Gasteiger partial charge in [0.15, 0.2) is 0 Å². The van der Waals surface area contributed by atoms with Crippen molar-refractivity contribution >= 4 is 44.2 Å². The number of rotatable bonds is 2. The first-order chi connectivity index (χ1) is 8.75. The van der Waals surface area contributed by atoms with Gasteiger partial charge in [0.2, 0.25) is 0 Å². The average Bonchev–Trinajstić information content (AvgIpc) is 2.77. The highest BCUT2D eigenvalue weighted by Gasteiger charge is 2.24. The van der Waals surface area contributed by atoms with Crippen LogP contribution in [0.1, 0.15) is 23.6 Å². The molecule has 2 aromatic carbocycles. The third-order valence-electron chi connectivity index (χ3n) is 3.42. The summed E-state index contributed by atoms with van der Waals surface area (Å²) in [6.45, 7) is 0. The highest BCUT2D eigenvalue weighted by molar-refractivity contribution is 14.1. The van der Waals surface area contributed by atoms with E-state index in [1.165, 1.54) is 31.3 Å². The Bertz CT molecular complexity index is 582. The van der Waals surface area contributed by atoms with E-state index in [-0.39, 0.29) is 0 Å². The minimum absolute atomic E-state index is 0.438. The van der Waals surface area contributed by atoms with Crippen molar-refractivity contribution in [3.8, 4) is 0 Å². The number of anilines is 1. The molecular weight excluding hydrogens is 401 g/mol. The summed E-state index contributed by atoms with van der Waals surface area (Å²) < 4.78 is 2.52. The molecular formula is C15H13BrIN. The average molecular weight is 414 g/mol. The molecule has 1 aliphatic rings. The third kappa shape index (κ3) is 2.30. The van der Waals surface area contributed by atoms with E-state index in [4.69, 9.17) is 0 Å². The molecule has 0 bridgehead atoms. The molecule has 0 saturated carbocycles. The SMILES string of the molecule is Brc1cccc2c1CCC2Nc1ccccc1I. The van der Waals surface area contributed by atoms with Crippen LogP contribution in [0.25, 0.3) is 0 Å². The van der Waals surface area contributed by atoms with E-state index < -0.39 is 0 Å². The van der Waals surface area contributed by atoms with E-state index in [0.717, 1.165) is 6.42 Å². The zero-order valence-corrected chi connectivity index (χ0v) is 13.5. The van der Waals surface area contributed by atoms with Crippen LogP contribution < -0.4 is 5.32 Å². The van der Waals surface area contributed by atoms with E-state index in [1.54, 1.807) is 0 Å². The lowest BCUT2D eigenvalue weighted by atomic mass is 10.1. The van der Waals surface area contributed by atoms with Crippen molar-refractivity contribution in [2.75, 3.05) is 5.32 Å². The predicted molar refractivity (Wildman–Crippen MR) is 88.0 cm³/mol. The molecule has 3 rings (SSSR count). The molecule has 0 aromatic heterocycles. The van der Waals surface area contributed by atoms with Gasteiger partial charge in [-0.1, -0.05) is 40.2 Å². The molecule has 1 aliphatic carbocycles. The van der Waals surface area contributed by atoms with Crippen LogP contribution in [0.4, 0.5) is 5.69 Å². The smallest absolute Gasteiger partial charge is 0.0520 e. The van der Waals surface area contributed by atoms with Crippen LogP contribution in [-0.2, 0) is 6.42 Å². The molecule has 0 radical (unpaired) electrons. The third-order valence-corrected chi connectivity index (χ3v) is 5.10. The Morgan fingerprint density at radius 3 is 2.78 bits per heavy atom. The zero-order chi connectivity index (χ0) is 12.5. The topological polar surface area (TPSA) is 12.0 Å². The molecule has 1 N–H and O–H groups in total. The largest absolute Gasteiger partial charge is 0.377 e. The first kappa shape index (κ1) is 12.5. The fourth-order valence-corrected chi connectivity index (χ4v) is 3.65. The summed E-state index contributed by atoms with van der Waals surface area (Å²) in [5, 5.41) is 3.66. The normalized spacial score (nSPS) is 17.6. The number of hydrogen-bond acceptors (Lipinski definition) is 1. The Morgan fingerprint density at radius 1 is 1.11 bits per heavy atom. The summed E-state index contributed by atoms with van der Waals surface area (Å²) in [7, 11) is 0.